The summed E-state index contributed by atoms with van der Waals surface area (Å²) >= 11 is 3.25. The molecule has 2 aromatic heterocycles. The Balaban J connectivity index is 2.07. The van der Waals surface area contributed by atoms with Crippen LogP contribution in [0.4, 0.5) is 0 Å². The Morgan fingerprint density at radius 1 is 1.27 bits per heavy atom. The first kappa shape index (κ1) is 14.9. The molecule has 112 valence electrons. The lowest BCUT2D eigenvalue weighted by Gasteiger charge is -2.15. The lowest BCUT2D eigenvalue weighted by Crippen LogP contribution is -2.09. The zero-order chi connectivity index (χ0) is 15.4. The van der Waals surface area contributed by atoms with Crippen molar-refractivity contribution in [2.75, 3.05) is 6.61 Å². The maximum atomic E-state index is 10.6. The number of rotatable bonds is 6. The van der Waals surface area contributed by atoms with E-state index >= 15 is 0 Å². The van der Waals surface area contributed by atoms with Gasteiger partial charge in [0.25, 0.3) is 6.47 Å². The number of thiazole rings is 1. The summed E-state index contributed by atoms with van der Waals surface area (Å²) in [6, 6.07) is 10.3. The van der Waals surface area contributed by atoms with Crippen molar-refractivity contribution in [2.24, 2.45) is 0 Å². The highest BCUT2D eigenvalue weighted by molar-refractivity contribution is 7.10. The van der Waals surface area contributed by atoms with Crippen LogP contribution in [0.25, 0.3) is 11.1 Å². The van der Waals surface area contributed by atoms with Crippen LogP contribution < -0.4 is 0 Å². The molecule has 2 heterocycles. The summed E-state index contributed by atoms with van der Waals surface area (Å²) in [5.74, 6) is -0.0228. The van der Waals surface area contributed by atoms with E-state index in [9.17, 15) is 4.79 Å². The first-order chi connectivity index (χ1) is 10.8. The van der Waals surface area contributed by atoms with Crippen LogP contribution in [-0.2, 0) is 9.53 Å². The molecule has 5 heteroatoms. The van der Waals surface area contributed by atoms with E-state index in [0.29, 0.717) is 13.1 Å². The monoisotopic (exact) mass is 329 g/mol. The maximum absolute atomic E-state index is 10.6. The summed E-state index contributed by atoms with van der Waals surface area (Å²) in [4.78, 5) is 16.2. The number of hydrogen-bond donors (Lipinski definition) is 0. The van der Waals surface area contributed by atoms with Crippen molar-refractivity contribution >= 4 is 29.1 Å². The molecule has 22 heavy (non-hydrogen) atoms. The van der Waals surface area contributed by atoms with Crippen molar-refractivity contribution in [2.45, 2.75) is 12.8 Å². The van der Waals surface area contributed by atoms with Gasteiger partial charge in [-0.1, -0.05) is 30.3 Å². The fraction of sp³-hybridized carbons (Fsp3) is 0.176. The van der Waals surface area contributed by atoms with Gasteiger partial charge in [-0.2, -0.15) is 0 Å². The average Bonchev–Trinajstić information content (AvgIpc) is 3.19. The van der Waals surface area contributed by atoms with Gasteiger partial charge in [-0.05, 0) is 29.0 Å². The van der Waals surface area contributed by atoms with Crippen LogP contribution in [0.5, 0.6) is 0 Å². The lowest BCUT2D eigenvalue weighted by molar-refractivity contribution is -0.128. The number of carbonyl (C=O) groups excluding carboxylic acids is 1. The number of hydrogen-bond acceptors (Lipinski definition) is 5. The Kier molecular flexibility index (Phi) is 4.65. The van der Waals surface area contributed by atoms with Crippen LogP contribution in [0, 0.1) is 6.92 Å². The normalized spacial score (nSPS) is 12.0. The molecule has 0 aliphatic carbocycles. The van der Waals surface area contributed by atoms with Crippen molar-refractivity contribution in [1.82, 2.24) is 4.98 Å². The molecule has 3 aromatic rings. The predicted molar refractivity (Wildman–Crippen MR) is 90.5 cm³/mol. The molecule has 0 bridgehead atoms. The second-order valence-corrected chi connectivity index (χ2v) is 6.55. The van der Waals surface area contributed by atoms with Crippen molar-refractivity contribution in [1.29, 1.82) is 0 Å². The predicted octanol–water partition coefficient (Wildman–Crippen LogP) is 4.48. The first-order valence-corrected chi connectivity index (χ1v) is 8.70. The second-order valence-electron chi connectivity index (χ2n) is 4.92. The summed E-state index contributed by atoms with van der Waals surface area (Å²) in [6.45, 7) is 2.93. The Morgan fingerprint density at radius 2 is 2.09 bits per heavy atom. The topological polar surface area (TPSA) is 39.2 Å². The second kappa shape index (κ2) is 6.85. The third-order valence-corrected chi connectivity index (χ3v) is 5.34. The van der Waals surface area contributed by atoms with Gasteiger partial charge in [-0.3, -0.25) is 4.79 Å². The van der Waals surface area contributed by atoms with Crippen LogP contribution in [0.1, 0.15) is 22.1 Å². The highest BCUT2D eigenvalue weighted by Crippen LogP contribution is 2.40. The fourth-order valence-electron chi connectivity index (χ4n) is 2.52. The molecule has 0 saturated carbocycles. The number of thiophene rings is 1. The number of aromatic nitrogens is 1. The van der Waals surface area contributed by atoms with Crippen LogP contribution in [-0.4, -0.2) is 18.1 Å². The Labute approximate surface area is 137 Å². The molecule has 3 nitrogen and oxygen atoms in total. The molecule has 0 radical (unpaired) electrons. The van der Waals surface area contributed by atoms with E-state index in [1.54, 1.807) is 22.7 Å². The molecule has 0 amide bonds. The molecular formula is C17H15NO2S2. The van der Waals surface area contributed by atoms with E-state index in [2.05, 4.69) is 29.4 Å². The van der Waals surface area contributed by atoms with Gasteiger partial charge in [0.15, 0.2) is 0 Å². The minimum atomic E-state index is -0.0228. The van der Waals surface area contributed by atoms with E-state index in [4.69, 9.17) is 4.74 Å². The van der Waals surface area contributed by atoms with Crippen molar-refractivity contribution in [3.05, 3.63) is 62.7 Å². The van der Waals surface area contributed by atoms with Gasteiger partial charge < -0.3 is 4.74 Å². The Morgan fingerprint density at radius 3 is 2.77 bits per heavy atom. The minimum Gasteiger partial charge on any atom is -0.467 e. The van der Waals surface area contributed by atoms with Gasteiger partial charge >= 0.3 is 0 Å². The number of ether oxygens (including phenoxy) is 1. The van der Waals surface area contributed by atoms with Crippen molar-refractivity contribution < 1.29 is 9.53 Å². The third kappa shape index (κ3) is 2.96. The van der Waals surface area contributed by atoms with Gasteiger partial charge in [0, 0.05) is 10.3 Å². The molecular weight excluding hydrogens is 314 g/mol. The average molecular weight is 329 g/mol. The number of carbonyl (C=O) groups is 1. The van der Waals surface area contributed by atoms with Crippen LogP contribution in [0.3, 0.4) is 0 Å². The summed E-state index contributed by atoms with van der Waals surface area (Å²) in [6.07, 6.45) is 0. The molecule has 0 aliphatic rings. The third-order valence-electron chi connectivity index (χ3n) is 3.52. The SMILES string of the molecule is Cc1csc(C(COC=O)c2cscn2)c1-c1ccccc1. The van der Waals surface area contributed by atoms with E-state index < -0.39 is 0 Å². The standard InChI is InChI=1S/C17H15NO2S2/c1-12-8-22-17(16(12)13-5-3-2-4-6-13)14(7-20-11-19)15-9-21-10-18-15/h2-6,8-11,14H,7H2,1H3. The van der Waals surface area contributed by atoms with E-state index in [0.717, 1.165) is 5.69 Å². The summed E-state index contributed by atoms with van der Waals surface area (Å²) in [7, 11) is 0. The molecule has 3 rings (SSSR count). The van der Waals surface area contributed by atoms with Crippen molar-refractivity contribution in [3.8, 4) is 11.1 Å². The minimum absolute atomic E-state index is 0.0228. The van der Waals surface area contributed by atoms with Gasteiger partial charge in [0.1, 0.15) is 6.61 Å². The quantitative estimate of drug-likeness (QED) is 0.626. The summed E-state index contributed by atoms with van der Waals surface area (Å²) in [5.41, 5.74) is 6.40. The highest BCUT2D eigenvalue weighted by Gasteiger charge is 2.23. The van der Waals surface area contributed by atoms with Crippen LogP contribution >= 0.6 is 22.7 Å². The van der Waals surface area contributed by atoms with Gasteiger partial charge in [-0.15, -0.1) is 22.7 Å². The van der Waals surface area contributed by atoms with E-state index in [1.165, 1.54) is 21.6 Å². The molecule has 0 fully saturated rings. The Hall–Kier alpha value is -1.98. The van der Waals surface area contributed by atoms with Gasteiger partial charge in [0.2, 0.25) is 0 Å². The molecule has 0 spiro atoms. The van der Waals surface area contributed by atoms with Gasteiger partial charge in [-0.25, -0.2) is 4.98 Å². The lowest BCUT2D eigenvalue weighted by atomic mass is 9.95. The smallest absolute Gasteiger partial charge is 0.293 e. The molecule has 1 unspecified atom stereocenters. The number of aryl methyl sites for hydroxylation is 1. The van der Waals surface area contributed by atoms with Crippen LogP contribution in [0.15, 0.2) is 46.6 Å². The number of nitrogens with zero attached hydrogens (tertiary/aromatic N) is 1. The maximum Gasteiger partial charge on any atom is 0.293 e. The number of benzene rings is 1. The Bertz CT molecular complexity index is 735. The molecule has 1 atom stereocenters. The van der Waals surface area contributed by atoms with E-state index in [1.807, 2.05) is 29.1 Å². The van der Waals surface area contributed by atoms with Gasteiger partial charge in [0.05, 0.1) is 17.1 Å². The largest absolute Gasteiger partial charge is 0.467 e. The van der Waals surface area contributed by atoms with Crippen molar-refractivity contribution in [3.63, 3.8) is 0 Å². The summed E-state index contributed by atoms with van der Waals surface area (Å²) in [5, 5.41) is 4.17. The summed E-state index contributed by atoms with van der Waals surface area (Å²) < 4.78 is 5.06. The molecule has 1 aromatic carbocycles. The molecule has 0 aliphatic heterocycles. The van der Waals surface area contributed by atoms with Crippen LogP contribution in [0.2, 0.25) is 0 Å². The highest BCUT2D eigenvalue weighted by atomic mass is 32.1. The fourth-order valence-corrected chi connectivity index (χ4v) is 4.30. The zero-order valence-electron chi connectivity index (χ0n) is 12.1. The zero-order valence-corrected chi connectivity index (χ0v) is 13.7. The molecule has 0 saturated heterocycles. The first-order valence-electron chi connectivity index (χ1n) is 6.88. The molecule has 0 N–H and O–H groups in total. The van der Waals surface area contributed by atoms with E-state index in [-0.39, 0.29) is 5.92 Å².